The summed E-state index contributed by atoms with van der Waals surface area (Å²) in [6.07, 6.45) is -0.468. The van der Waals surface area contributed by atoms with Crippen molar-refractivity contribution in [3.63, 3.8) is 0 Å². The zero-order chi connectivity index (χ0) is 15.8. The summed E-state index contributed by atoms with van der Waals surface area (Å²) in [5, 5.41) is 2.61. The number of hydrogen-bond acceptors (Lipinski definition) is 2. The zero-order valence-electron chi connectivity index (χ0n) is 12.2. The first-order valence-corrected chi connectivity index (χ1v) is 7.64. The number of rotatable bonds is 3. The van der Waals surface area contributed by atoms with Crippen molar-refractivity contribution < 1.29 is 9.53 Å². The summed E-state index contributed by atoms with van der Waals surface area (Å²) >= 11 is 3.46. The van der Waals surface area contributed by atoms with E-state index >= 15 is 0 Å². The highest BCUT2D eigenvalue weighted by atomic mass is 79.9. The maximum Gasteiger partial charge on any atom is 0.408 e. The lowest BCUT2D eigenvalue weighted by atomic mass is 10.1. The number of ether oxygens (including phenoxy) is 1. The van der Waals surface area contributed by atoms with Crippen molar-refractivity contribution in [3.05, 3.63) is 69.7 Å². The molecule has 0 unspecified atom stereocenters. The van der Waals surface area contributed by atoms with Crippen molar-refractivity contribution in [2.45, 2.75) is 13.5 Å². The van der Waals surface area contributed by atoms with Crippen LogP contribution in [0.25, 0.3) is 0 Å². The van der Waals surface area contributed by atoms with Gasteiger partial charge in [0, 0.05) is 10.0 Å². The zero-order valence-corrected chi connectivity index (χ0v) is 13.8. The van der Waals surface area contributed by atoms with Crippen LogP contribution in [0, 0.1) is 18.8 Å². The summed E-state index contributed by atoms with van der Waals surface area (Å²) in [5.41, 5.74) is 2.98. The topological polar surface area (TPSA) is 38.3 Å². The first-order valence-electron chi connectivity index (χ1n) is 6.85. The lowest BCUT2D eigenvalue weighted by Gasteiger charge is -2.04. The van der Waals surface area contributed by atoms with Crippen LogP contribution >= 0.6 is 15.9 Å². The normalized spacial score (nSPS) is 9.55. The van der Waals surface area contributed by atoms with Crippen LogP contribution in [0.5, 0.6) is 0 Å². The second-order valence-electron chi connectivity index (χ2n) is 4.63. The highest BCUT2D eigenvalue weighted by Gasteiger charge is 2.01. The smallest absolute Gasteiger partial charge is 0.408 e. The maximum atomic E-state index is 11.5. The van der Waals surface area contributed by atoms with Gasteiger partial charge in [-0.2, -0.15) is 0 Å². The molecule has 0 aliphatic rings. The van der Waals surface area contributed by atoms with E-state index in [-0.39, 0.29) is 13.2 Å². The van der Waals surface area contributed by atoms with E-state index in [1.807, 2.05) is 55.5 Å². The lowest BCUT2D eigenvalue weighted by molar-refractivity contribution is 0.141. The molecule has 3 nitrogen and oxygen atoms in total. The van der Waals surface area contributed by atoms with Crippen LogP contribution in [0.2, 0.25) is 0 Å². The van der Waals surface area contributed by atoms with E-state index in [1.54, 1.807) is 0 Å². The van der Waals surface area contributed by atoms with Crippen molar-refractivity contribution in [1.29, 1.82) is 0 Å². The Morgan fingerprint density at radius 3 is 2.73 bits per heavy atom. The highest BCUT2D eigenvalue weighted by Crippen LogP contribution is 2.18. The largest absolute Gasteiger partial charge is 0.445 e. The summed E-state index contributed by atoms with van der Waals surface area (Å²) in [6, 6.07) is 15.4. The van der Waals surface area contributed by atoms with Gasteiger partial charge in [-0.1, -0.05) is 64.2 Å². The van der Waals surface area contributed by atoms with E-state index in [0.29, 0.717) is 0 Å². The molecule has 0 heterocycles. The molecular weight excluding hydrogens is 342 g/mol. The third-order valence-electron chi connectivity index (χ3n) is 3.02. The Hall–Kier alpha value is -2.25. The quantitative estimate of drug-likeness (QED) is 0.842. The van der Waals surface area contributed by atoms with E-state index < -0.39 is 6.09 Å². The molecule has 0 fully saturated rings. The third-order valence-corrected chi connectivity index (χ3v) is 3.88. The Kier molecular flexibility index (Phi) is 6.05. The first kappa shape index (κ1) is 16.1. The van der Waals surface area contributed by atoms with Crippen molar-refractivity contribution >= 4 is 22.0 Å². The molecule has 0 aliphatic heterocycles. The summed E-state index contributed by atoms with van der Waals surface area (Å²) in [4.78, 5) is 11.5. The summed E-state index contributed by atoms with van der Waals surface area (Å²) < 4.78 is 6.12. The molecule has 22 heavy (non-hydrogen) atoms. The fourth-order valence-electron chi connectivity index (χ4n) is 1.77. The lowest BCUT2D eigenvalue weighted by Crippen LogP contribution is -2.24. The number of amides is 1. The predicted octanol–water partition coefficient (Wildman–Crippen LogP) is 4.04. The molecule has 0 spiro atoms. The van der Waals surface area contributed by atoms with Crippen LogP contribution in [-0.2, 0) is 11.3 Å². The second kappa shape index (κ2) is 8.26. The van der Waals surface area contributed by atoms with Crippen molar-refractivity contribution in [1.82, 2.24) is 5.32 Å². The van der Waals surface area contributed by atoms with E-state index in [1.165, 1.54) is 0 Å². The Bertz CT molecular complexity index is 702. The Morgan fingerprint density at radius 2 is 1.95 bits per heavy atom. The van der Waals surface area contributed by atoms with Gasteiger partial charge in [-0.05, 0) is 30.2 Å². The van der Waals surface area contributed by atoms with Gasteiger partial charge in [0.1, 0.15) is 6.61 Å². The maximum absolute atomic E-state index is 11.5. The molecule has 112 valence electrons. The Morgan fingerprint density at radius 1 is 1.18 bits per heavy atom. The number of nitrogens with one attached hydrogen (secondary N) is 1. The van der Waals surface area contributed by atoms with Gasteiger partial charge in [0.25, 0.3) is 0 Å². The van der Waals surface area contributed by atoms with Crippen molar-refractivity contribution in [2.24, 2.45) is 0 Å². The number of carbonyl (C=O) groups excluding carboxylic acids is 1. The van der Waals surface area contributed by atoms with Gasteiger partial charge in [-0.15, -0.1) is 0 Å². The Balaban J connectivity index is 1.78. The average Bonchev–Trinajstić information content (AvgIpc) is 2.54. The van der Waals surface area contributed by atoms with Gasteiger partial charge in [0.05, 0.1) is 6.54 Å². The molecule has 2 rings (SSSR count). The van der Waals surface area contributed by atoms with Crippen molar-refractivity contribution in [2.75, 3.05) is 6.54 Å². The van der Waals surface area contributed by atoms with Crippen LogP contribution in [0.15, 0.2) is 53.0 Å². The average molecular weight is 358 g/mol. The van der Waals surface area contributed by atoms with Gasteiger partial charge in [0.15, 0.2) is 0 Å². The molecule has 2 aromatic carbocycles. The number of carbonyl (C=O) groups is 1. The van der Waals surface area contributed by atoms with E-state index in [2.05, 4.69) is 33.1 Å². The molecule has 4 heteroatoms. The van der Waals surface area contributed by atoms with Gasteiger partial charge in [-0.3, -0.25) is 0 Å². The monoisotopic (exact) mass is 357 g/mol. The number of benzene rings is 2. The fourth-order valence-corrected chi connectivity index (χ4v) is 2.14. The van der Waals surface area contributed by atoms with Gasteiger partial charge >= 0.3 is 6.09 Å². The molecule has 0 atom stereocenters. The molecule has 0 saturated carbocycles. The van der Waals surface area contributed by atoms with E-state index in [9.17, 15) is 4.79 Å². The van der Waals surface area contributed by atoms with E-state index in [4.69, 9.17) is 4.74 Å². The van der Waals surface area contributed by atoms with Crippen LogP contribution in [0.4, 0.5) is 4.79 Å². The minimum Gasteiger partial charge on any atom is -0.445 e. The SMILES string of the molecule is Cc1c(Br)cccc1C#CCNC(=O)OCc1ccccc1. The van der Waals surface area contributed by atoms with Crippen molar-refractivity contribution in [3.8, 4) is 11.8 Å². The minimum atomic E-state index is -0.468. The number of halogens is 1. The Labute approximate surface area is 138 Å². The van der Waals surface area contributed by atoms with Gasteiger partial charge in [0.2, 0.25) is 0 Å². The standard InChI is InChI=1S/C18H16BrNO2/c1-14-16(9-5-11-17(14)19)10-6-12-20-18(21)22-13-15-7-3-2-4-8-15/h2-5,7-9,11H,12-13H2,1H3,(H,20,21). The fraction of sp³-hybridized carbons (Fsp3) is 0.167. The van der Waals surface area contributed by atoms with Crippen LogP contribution in [0.3, 0.4) is 0 Å². The number of hydrogen-bond donors (Lipinski definition) is 1. The summed E-state index contributed by atoms with van der Waals surface area (Å²) in [7, 11) is 0. The van der Waals surface area contributed by atoms with Gasteiger partial charge < -0.3 is 10.1 Å². The molecular formula is C18H16BrNO2. The molecule has 0 aromatic heterocycles. The first-order chi connectivity index (χ1) is 10.7. The van der Waals surface area contributed by atoms with Crippen LogP contribution in [-0.4, -0.2) is 12.6 Å². The predicted molar refractivity (Wildman–Crippen MR) is 90.4 cm³/mol. The minimum absolute atomic E-state index is 0.250. The molecule has 1 N–H and O–H groups in total. The van der Waals surface area contributed by atoms with Crippen LogP contribution in [0.1, 0.15) is 16.7 Å². The van der Waals surface area contributed by atoms with Gasteiger partial charge in [-0.25, -0.2) is 4.79 Å². The molecule has 2 aromatic rings. The third kappa shape index (κ3) is 4.94. The molecule has 0 saturated heterocycles. The highest BCUT2D eigenvalue weighted by molar-refractivity contribution is 9.10. The second-order valence-corrected chi connectivity index (χ2v) is 5.48. The van der Waals surface area contributed by atoms with Crippen LogP contribution < -0.4 is 5.32 Å². The molecule has 0 aliphatic carbocycles. The molecule has 1 amide bonds. The summed E-state index contributed by atoms with van der Waals surface area (Å²) in [5.74, 6) is 5.95. The molecule has 0 bridgehead atoms. The molecule has 0 radical (unpaired) electrons. The number of alkyl carbamates (subject to hydrolysis) is 1. The van der Waals surface area contributed by atoms with E-state index in [0.717, 1.165) is 21.2 Å². The summed E-state index contributed by atoms with van der Waals surface area (Å²) in [6.45, 7) is 2.50.